The average Bonchev–Trinajstić information content (AvgIpc) is 3.05. The van der Waals surface area contributed by atoms with Crippen LogP contribution in [-0.2, 0) is 6.42 Å². The number of halogens is 1. The fourth-order valence-corrected chi connectivity index (χ4v) is 2.01. The van der Waals surface area contributed by atoms with Gasteiger partial charge in [-0.1, -0.05) is 18.2 Å². The van der Waals surface area contributed by atoms with Crippen LogP contribution in [0.4, 0.5) is 4.39 Å². The molecule has 3 rings (SSSR count). The van der Waals surface area contributed by atoms with E-state index >= 15 is 0 Å². The minimum Gasteiger partial charge on any atom is -0.352 e. The molecule has 1 aromatic carbocycles. The highest BCUT2D eigenvalue weighted by Gasteiger charge is 2.07. The first-order chi connectivity index (χ1) is 11.2. The van der Waals surface area contributed by atoms with Gasteiger partial charge in [-0.3, -0.25) is 4.79 Å². The van der Waals surface area contributed by atoms with E-state index in [1.165, 1.54) is 12.3 Å². The summed E-state index contributed by atoms with van der Waals surface area (Å²) in [7, 11) is 0. The number of benzene rings is 1. The van der Waals surface area contributed by atoms with Gasteiger partial charge in [-0.25, -0.2) is 4.98 Å². The number of carbonyl (C=O) groups excluding carboxylic acids is 1. The summed E-state index contributed by atoms with van der Waals surface area (Å²) >= 11 is 0. The second kappa shape index (κ2) is 6.78. The van der Waals surface area contributed by atoms with Crippen LogP contribution >= 0.6 is 0 Å². The predicted octanol–water partition coefficient (Wildman–Crippen LogP) is 1.77. The maximum Gasteiger partial charge on any atom is 0.252 e. The summed E-state index contributed by atoms with van der Waals surface area (Å²) in [5.74, 6) is -0.910. The van der Waals surface area contributed by atoms with Crippen molar-refractivity contribution in [1.82, 2.24) is 25.3 Å². The number of carbonyl (C=O) groups is 1. The fourth-order valence-electron chi connectivity index (χ4n) is 2.01. The molecule has 0 fully saturated rings. The number of rotatable bonds is 5. The molecule has 116 valence electrons. The molecule has 0 aliphatic carbocycles. The molecule has 0 atom stereocenters. The van der Waals surface area contributed by atoms with Gasteiger partial charge >= 0.3 is 0 Å². The topological polar surface area (TPSA) is 72.7 Å². The van der Waals surface area contributed by atoms with Crippen molar-refractivity contribution in [1.29, 1.82) is 0 Å². The molecule has 3 aromatic rings. The van der Waals surface area contributed by atoms with Crippen molar-refractivity contribution in [3.05, 3.63) is 72.1 Å². The number of hydrogen-bond acceptors (Lipinski definition) is 4. The molecule has 0 unspecified atom stereocenters. The van der Waals surface area contributed by atoms with Gasteiger partial charge < -0.3 is 5.32 Å². The highest BCUT2D eigenvalue weighted by Crippen LogP contribution is 2.04. The van der Waals surface area contributed by atoms with E-state index in [2.05, 4.69) is 20.5 Å². The second-order valence-electron chi connectivity index (χ2n) is 4.84. The largest absolute Gasteiger partial charge is 0.352 e. The van der Waals surface area contributed by atoms with E-state index in [1.807, 2.05) is 30.3 Å². The number of hydrogen-bond donors (Lipinski definition) is 1. The van der Waals surface area contributed by atoms with Crippen molar-refractivity contribution < 1.29 is 9.18 Å². The maximum absolute atomic E-state index is 12.7. The Morgan fingerprint density at radius 2 is 1.96 bits per heavy atom. The lowest BCUT2D eigenvalue weighted by Gasteiger charge is -2.03. The zero-order chi connectivity index (χ0) is 16.1. The van der Waals surface area contributed by atoms with Crippen LogP contribution in [0.25, 0.3) is 5.69 Å². The molecule has 7 heteroatoms. The van der Waals surface area contributed by atoms with Gasteiger partial charge in [-0.2, -0.15) is 19.4 Å². The van der Waals surface area contributed by atoms with Gasteiger partial charge in [0.2, 0.25) is 5.95 Å². The smallest absolute Gasteiger partial charge is 0.252 e. The molecule has 6 nitrogen and oxygen atoms in total. The SMILES string of the molecule is O=C(NCCc1cnn(-c2ccccc2)n1)c1ccc(F)nc1. The van der Waals surface area contributed by atoms with Gasteiger partial charge in [0.1, 0.15) is 0 Å². The molecule has 0 saturated heterocycles. The number of para-hydroxylation sites is 1. The second-order valence-corrected chi connectivity index (χ2v) is 4.84. The Kier molecular flexibility index (Phi) is 4.37. The van der Waals surface area contributed by atoms with E-state index < -0.39 is 5.95 Å². The predicted molar refractivity (Wildman–Crippen MR) is 81.6 cm³/mol. The molecule has 1 N–H and O–H groups in total. The van der Waals surface area contributed by atoms with Gasteiger partial charge in [0, 0.05) is 19.2 Å². The minimum atomic E-state index is -0.612. The lowest BCUT2D eigenvalue weighted by Crippen LogP contribution is -2.26. The Morgan fingerprint density at radius 3 is 2.70 bits per heavy atom. The number of nitrogens with one attached hydrogen (secondary N) is 1. The van der Waals surface area contributed by atoms with Gasteiger partial charge in [0.05, 0.1) is 23.1 Å². The van der Waals surface area contributed by atoms with Gasteiger partial charge in [-0.05, 0) is 24.3 Å². The third kappa shape index (κ3) is 3.76. The summed E-state index contributed by atoms with van der Waals surface area (Å²) in [6.45, 7) is 0.406. The molecule has 0 radical (unpaired) electrons. The molecule has 0 aliphatic rings. The third-order valence-corrected chi connectivity index (χ3v) is 3.18. The summed E-state index contributed by atoms with van der Waals surface area (Å²) < 4.78 is 12.7. The van der Waals surface area contributed by atoms with E-state index in [0.29, 0.717) is 18.5 Å². The molecule has 0 spiro atoms. The Hall–Kier alpha value is -3.09. The summed E-state index contributed by atoms with van der Waals surface area (Å²) in [5.41, 5.74) is 1.96. The molecule has 1 amide bonds. The van der Waals surface area contributed by atoms with Crippen LogP contribution in [0.15, 0.2) is 54.9 Å². The Bertz CT molecular complexity index is 786. The minimum absolute atomic E-state index is 0.298. The first kappa shape index (κ1) is 14.8. The first-order valence-corrected chi connectivity index (χ1v) is 7.09. The lowest BCUT2D eigenvalue weighted by molar-refractivity contribution is 0.0953. The third-order valence-electron chi connectivity index (χ3n) is 3.18. The lowest BCUT2D eigenvalue weighted by atomic mass is 10.2. The number of aromatic nitrogens is 4. The number of amides is 1. The van der Waals surface area contributed by atoms with E-state index in [4.69, 9.17) is 0 Å². The standard InChI is InChI=1S/C16H14FN5O/c17-15-7-6-12(10-19-15)16(23)18-9-8-13-11-20-22(21-13)14-4-2-1-3-5-14/h1-7,10-11H,8-9H2,(H,18,23). The number of pyridine rings is 1. The van der Waals surface area contributed by atoms with Crippen LogP contribution in [0.5, 0.6) is 0 Å². The summed E-state index contributed by atoms with van der Waals surface area (Å²) in [6.07, 6.45) is 3.42. The molecule has 0 bridgehead atoms. The molecule has 2 aromatic heterocycles. The van der Waals surface area contributed by atoms with Crippen LogP contribution in [0.1, 0.15) is 16.1 Å². The van der Waals surface area contributed by atoms with Crippen LogP contribution in [0.3, 0.4) is 0 Å². The Labute approximate surface area is 132 Å². The van der Waals surface area contributed by atoms with E-state index in [9.17, 15) is 9.18 Å². The fraction of sp³-hybridized carbons (Fsp3) is 0.125. The van der Waals surface area contributed by atoms with Crippen molar-refractivity contribution in [2.75, 3.05) is 6.54 Å². The van der Waals surface area contributed by atoms with Gasteiger partial charge in [0.15, 0.2) is 0 Å². The Morgan fingerprint density at radius 1 is 1.13 bits per heavy atom. The van der Waals surface area contributed by atoms with Crippen molar-refractivity contribution in [3.63, 3.8) is 0 Å². The number of nitrogens with zero attached hydrogens (tertiary/aromatic N) is 4. The van der Waals surface area contributed by atoms with E-state index in [-0.39, 0.29) is 5.91 Å². The molecule has 23 heavy (non-hydrogen) atoms. The normalized spacial score (nSPS) is 10.5. The average molecular weight is 311 g/mol. The maximum atomic E-state index is 12.7. The van der Waals surface area contributed by atoms with Crippen molar-refractivity contribution >= 4 is 5.91 Å². The van der Waals surface area contributed by atoms with Crippen molar-refractivity contribution in [2.45, 2.75) is 6.42 Å². The molecule has 2 heterocycles. The van der Waals surface area contributed by atoms with Crippen LogP contribution < -0.4 is 5.32 Å². The summed E-state index contributed by atoms with van der Waals surface area (Å²) in [5, 5.41) is 11.3. The van der Waals surface area contributed by atoms with Crippen molar-refractivity contribution in [3.8, 4) is 5.69 Å². The molecular weight excluding hydrogens is 297 g/mol. The highest BCUT2D eigenvalue weighted by atomic mass is 19.1. The first-order valence-electron chi connectivity index (χ1n) is 7.09. The highest BCUT2D eigenvalue weighted by molar-refractivity contribution is 5.93. The molecule has 0 saturated carbocycles. The molecule has 0 aliphatic heterocycles. The van der Waals surface area contributed by atoms with Crippen LogP contribution in [-0.4, -0.2) is 32.4 Å². The van der Waals surface area contributed by atoms with Crippen molar-refractivity contribution in [2.24, 2.45) is 0 Å². The quantitative estimate of drug-likeness (QED) is 0.729. The van der Waals surface area contributed by atoms with Crippen LogP contribution in [0, 0.1) is 5.95 Å². The van der Waals surface area contributed by atoms with Gasteiger partial charge in [-0.15, -0.1) is 0 Å². The van der Waals surface area contributed by atoms with E-state index in [1.54, 1.807) is 11.0 Å². The van der Waals surface area contributed by atoms with Crippen LogP contribution in [0.2, 0.25) is 0 Å². The summed E-state index contributed by atoms with van der Waals surface area (Å²) in [6, 6.07) is 12.1. The Balaban J connectivity index is 1.54. The zero-order valence-corrected chi connectivity index (χ0v) is 12.2. The van der Waals surface area contributed by atoms with Gasteiger partial charge in [0.25, 0.3) is 5.91 Å². The molecular formula is C16H14FN5O. The monoisotopic (exact) mass is 311 g/mol. The summed E-state index contributed by atoms with van der Waals surface area (Å²) in [4.78, 5) is 16.9. The zero-order valence-electron chi connectivity index (χ0n) is 12.2. The van der Waals surface area contributed by atoms with E-state index in [0.717, 1.165) is 17.4 Å².